The Hall–Kier alpha value is -1.68. The zero-order chi connectivity index (χ0) is 14.4. The molecule has 2 aromatic rings. The first-order valence-corrected chi connectivity index (χ1v) is 7.32. The van der Waals surface area contributed by atoms with Gasteiger partial charge in [0.05, 0.1) is 0 Å². The number of aromatic nitrogens is 3. The fourth-order valence-electron chi connectivity index (χ4n) is 2.44. The molecule has 0 amide bonds. The lowest BCUT2D eigenvalue weighted by Gasteiger charge is -2.20. The van der Waals surface area contributed by atoms with E-state index in [0.717, 1.165) is 31.6 Å². The smallest absolute Gasteiger partial charge is 0.108 e. The van der Waals surface area contributed by atoms with Crippen LogP contribution in [0.25, 0.3) is 0 Å². The van der Waals surface area contributed by atoms with Crippen LogP contribution in [-0.4, -0.2) is 21.1 Å². The number of imidazole rings is 1. The Kier molecular flexibility index (Phi) is 5.30. The molecular weight excluding hydrogens is 248 g/mol. The summed E-state index contributed by atoms with van der Waals surface area (Å²) in [4.78, 5) is 8.68. The lowest BCUT2D eigenvalue weighted by Crippen LogP contribution is -2.24. The zero-order valence-corrected chi connectivity index (χ0v) is 12.6. The number of aryl methyl sites for hydroxylation is 3. The van der Waals surface area contributed by atoms with Gasteiger partial charge in [-0.25, -0.2) is 4.98 Å². The van der Waals surface area contributed by atoms with Crippen LogP contribution in [0.15, 0.2) is 30.9 Å². The maximum absolute atomic E-state index is 4.40. The Labute approximate surface area is 121 Å². The quantitative estimate of drug-likeness (QED) is 0.843. The summed E-state index contributed by atoms with van der Waals surface area (Å²) < 4.78 is 2.09. The third-order valence-electron chi connectivity index (χ3n) is 3.67. The summed E-state index contributed by atoms with van der Waals surface area (Å²) in [7, 11) is 2.05. The summed E-state index contributed by atoms with van der Waals surface area (Å²) in [6.45, 7) is 5.37. The highest BCUT2D eigenvalue weighted by molar-refractivity contribution is 5.25. The number of pyridine rings is 1. The zero-order valence-electron chi connectivity index (χ0n) is 12.6. The van der Waals surface area contributed by atoms with Gasteiger partial charge in [-0.1, -0.05) is 6.92 Å². The van der Waals surface area contributed by atoms with Gasteiger partial charge in [0, 0.05) is 44.3 Å². The van der Waals surface area contributed by atoms with Crippen molar-refractivity contribution in [1.29, 1.82) is 0 Å². The largest absolute Gasteiger partial charge is 0.338 e. The molecule has 1 atom stereocenters. The third kappa shape index (κ3) is 3.67. The van der Waals surface area contributed by atoms with Gasteiger partial charge in [-0.2, -0.15) is 0 Å². The molecule has 0 aliphatic heterocycles. The van der Waals surface area contributed by atoms with Crippen molar-refractivity contribution in [1.82, 2.24) is 19.9 Å². The lowest BCUT2D eigenvalue weighted by molar-refractivity contribution is 0.488. The summed E-state index contributed by atoms with van der Waals surface area (Å²) in [5.41, 5.74) is 2.60. The van der Waals surface area contributed by atoms with Crippen LogP contribution in [0.1, 0.15) is 42.8 Å². The van der Waals surface area contributed by atoms with Gasteiger partial charge in [0.1, 0.15) is 5.82 Å². The highest BCUT2D eigenvalue weighted by atomic mass is 15.0. The van der Waals surface area contributed by atoms with Crippen LogP contribution in [0.3, 0.4) is 0 Å². The normalized spacial score (nSPS) is 12.6. The first kappa shape index (κ1) is 14.7. The molecular formula is C16H24N4. The molecule has 2 heterocycles. The summed E-state index contributed by atoms with van der Waals surface area (Å²) in [5, 5.41) is 3.63. The predicted octanol–water partition coefficient (Wildman–Crippen LogP) is 2.80. The molecule has 0 saturated heterocycles. The van der Waals surface area contributed by atoms with Crippen molar-refractivity contribution in [2.24, 2.45) is 7.05 Å². The molecule has 20 heavy (non-hydrogen) atoms. The number of hydrogen-bond donors (Lipinski definition) is 1. The first-order valence-electron chi connectivity index (χ1n) is 7.32. The lowest BCUT2D eigenvalue weighted by atomic mass is 9.99. The minimum absolute atomic E-state index is 0.348. The summed E-state index contributed by atoms with van der Waals surface area (Å²) in [6.07, 6.45) is 10.8. The van der Waals surface area contributed by atoms with Crippen molar-refractivity contribution >= 4 is 0 Å². The van der Waals surface area contributed by atoms with Crippen molar-refractivity contribution < 1.29 is 0 Å². The molecule has 0 aliphatic rings. The van der Waals surface area contributed by atoms with Crippen molar-refractivity contribution in [3.05, 3.63) is 47.8 Å². The van der Waals surface area contributed by atoms with Gasteiger partial charge < -0.3 is 9.88 Å². The fraction of sp³-hybridized carbons (Fsp3) is 0.500. The average Bonchev–Trinajstić information content (AvgIpc) is 2.86. The van der Waals surface area contributed by atoms with Gasteiger partial charge in [-0.15, -0.1) is 0 Å². The molecule has 0 radical (unpaired) electrons. The molecule has 1 unspecified atom stereocenters. The Morgan fingerprint density at radius 3 is 2.85 bits per heavy atom. The summed E-state index contributed by atoms with van der Waals surface area (Å²) in [6, 6.07) is 2.43. The van der Waals surface area contributed by atoms with Crippen molar-refractivity contribution in [3.8, 4) is 0 Å². The second-order valence-corrected chi connectivity index (χ2v) is 5.23. The average molecular weight is 272 g/mol. The van der Waals surface area contributed by atoms with E-state index in [4.69, 9.17) is 0 Å². The van der Waals surface area contributed by atoms with E-state index in [-0.39, 0.29) is 0 Å². The van der Waals surface area contributed by atoms with Gasteiger partial charge in [0.15, 0.2) is 0 Å². The minimum Gasteiger partial charge on any atom is -0.338 e. The van der Waals surface area contributed by atoms with E-state index in [2.05, 4.69) is 39.8 Å². The van der Waals surface area contributed by atoms with E-state index in [1.807, 2.05) is 31.8 Å². The monoisotopic (exact) mass is 272 g/mol. The van der Waals surface area contributed by atoms with Crippen LogP contribution in [0.4, 0.5) is 0 Å². The Morgan fingerprint density at radius 1 is 1.35 bits per heavy atom. The number of nitrogens with zero attached hydrogens (tertiary/aromatic N) is 3. The van der Waals surface area contributed by atoms with Gasteiger partial charge in [0.25, 0.3) is 0 Å². The van der Waals surface area contributed by atoms with Crippen LogP contribution in [0.5, 0.6) is 0 Å². The highest BCUT2D eigenvalue weighted by Gasteiger charge is 2.14. The van der Waals surface area contributed by atoms with Gasteiger partial charge >= 0.3 is 0 Å². The van der Waals surface area contributed by atoms with Crippen LogP contribution >= 0.6 is 0 Å². The molecule has 0 aromatic carbocycles. The Bertz CT molecular complexity index is 533. The second-order valence-electron chi connectivity index (χ2n) is 5.23. The van der Waals surface area contributed by atoms with E-state index in [9.17, 15) is 0 Å². The van der Waals surface area contributed by atoms with E-state index in [1.54, 1.807) is 0 Å². The standard InChI is InChI=1S/C16H24N4/c1-4-8-18-15(14-12-17-9-7-13(14)2)5-6-16-19-10-11-20(16)3/h7,9-12,15,18H,4-6,8H2,1-3H3. The van der Waals surface area contributed by atoms with Crippen LogP contribution in [0, 0.1) is 6.92 Å². The van der Waals surface area contributed by atoms with Crippen molar-refractivity contribution in [2.45, 2.75) is 39.2 Å². The van der Waals surface area contributed by atoms with Gasteiger partial charge in [-0.3, -0.25) is 4.98 Å². The molecule has 0 saturated carbocycles. The Morgan fingerprint density at radius 2 is 2.20 bits per heavy atom. The van der Waals surface area contributed by atoms with E-state index in [1.165, 1.54) is 11.1 Å². The molecule has 4 nitrogen and oxygen atoms in total. The molecule has 4 heteroatoms. The minimum atomic E-state index is 0.348. The topological polar surface area (TPSA) is 42.7 Å². The number of hydrogen-bond acceptors (Lipinski definition) is 3. The van der Waals surface area contributed by atoms with E-state index in [0.29, 0.717) is 6.04 Å². The van der Waals surface area contributed by atoms with Crippen LogP contribution < -0.4 is 5.32 Å². The van der Waals surface area contributed by atoms with E-state index >= 15 is 0 Å². The van der Waals surface area contributed by atoms with Crippen molar-refractivity contribution in [2.75, 3.05) is 6.54 Å². The maximum Gasteiger partial charge on any atom is 0.108 e. The molecule has 2 aromatic heterocycles. The third-order valence-corrected chi connectivity index (χ3v) is 3.67. The molecule has 0 spiro atoms. The molecule has 108 valence electrons. The first-order chi connectivity index (χ1) is 9.72. The highest BCUT2D eigenvalue weighted by Crippen LogP contribution is 2.21. The molecule has 0 aliphatic carbocycles. The van der Waals surface area contributed by atoms with Gasteiger partial charge in [-0.05, 0) is 43.5 Å². The summed E-state index contributed by atoms with van der Waals surface area (Å²) in [5.74, 6) is 1.13. The molecule has 2 rings (SSSR count). The van der Waals surface area contributed by atoms with Gasteiger partial charge in [0.2, 0.25) is 0 Å². The SMILES string of the molecule is CCCNC(CCc1nccn1C)c1cnccc1C. The molecule has 1 N–H and O–H groups in total. The summed E-state index contributed by atoms with van der Waals surface area (Å²) >= 11 is 0. The molecule has 0 fully saturated rings. The second kappa shape index (κ2) is 7.20. The van der Waals surface area contributed by atoms with E-state index < -0.39 is 0 Å². The van der Waals surface area contributed by atoms with Crippen LogP contribution in [-0.2, 0) is 13.5 Å². The number of rotatable bonds is 7. The maximum atomic E-state index is 4.40. The molecule has 0 bridgehead atoms. The number of nitrogens with one attached hydrogen (secondary N) is 1. The van der Waals surface area contributed by atoms with Crippen molar-refractivity contribution in [3.63, 3.8) is 0 Å². The Balaban J connectivity index is 2.08. The predicted molar refractivity (Wildman–Crippen MR) is 81.5 cm³/mol. The fourth-order valence-corrected chi connectivity index (χ4v) is 2.44. The van der Waals surface area contributed by atoms with Crippen LogP contribution in [0.2, 0.25) is 0 Å².